The van der Waals surface area contributed by atoms with Gasteiger partial charge in [-0.15, -0.1) is 0 Å². The Hall–Kier alpha value is -4.70. The van der Waals surface area contributed by atoms with Crippen LogP contribution in [0.1, 0.15) is 71.6 Å². The summed E-state index contributed by atoms with van der Waals surface area (Å²) in [5, 5.41) is 17.4. The van der Waals surface area contributed by atoms with E-state index in [1.807, 2.05) is 0 Å². The second-order valence-electron chi connectivity index (χ2n) is 14.1. The van der Waals surface area contributed by atoms with E-state index in [2.05, 4.69) is 22.5 Å². The normalized spacial score (nSPS) is 28.9. The van der Waals surface area contributed by atoms with Crippen LogP contribution in [0.4, 0.5) is 0 Å². The van der Waals surface area contributed by atoms with Gasteiger partial charge in [-0.2, -0.15) is 0 Å². The molecule has 5 heterocycles. The number of carbonyl (C=O) groups is 8. The van der Waals surface area contributed by atoms with E-state index in [4.69, 9.17) is 5.11 Å². The molecule has 5 aliphatic heterocycles. The van der Waals surface area contributed by atoms with E-state index < -0.39 is 59.9 Å². The Labute approximate surface area is 297 Å². The van der Waals surface area contributed by atoms with Crippen molar-refractivity contribution in [3.8, 4) is 0 Å². The summed E-state index contributed by atoms with van der Waals surface area (Å²) < 4.78 is 0. The predicted octanol–water partition coefficient (Wildman–Crippen LogP) is -1.62. The molecule has 0 saturated carbocycles. The largest absolute Gasteiger partial charge is 0.481 e. The lowest BCUT2D eigenvalue weighted by atomic mass is 10.1. The fourth-order valence-corrected chi connectivity index (χ4v) is 8.46. The van der Waals surface area contributed by atoms with Gasteiger partial charge in [-0.25, -0.2) is 0 Å². The van der Waals surface area contributed by atoms with Crippen LogP contribution in [0.5, 0.6) is 0 Å². The summed E-state index contributed by atoms with van der Waals surface area (Å²) >= 11 is 0. The van der Waals surface area contributed by atoms with Crippen molar-refractivity contribution in [3.05, 3.63) is 12.8 Å². The van der Waals surface area contributed by atoms with Crippen LogP contribution in [0.15, 0.2) is 12.8 Å². The Kier molecular flexibility index (Phi) is 11.9. The van der Waals surface area contributed by atoms with Gasteiger partial charge in [0.05, 0.1) is 6.42 Å². The van der Waals surface area contributed by atoms with Crippen molar-refractivity contribution in [2.75, 3.05) is 39.3 Å². The SMILES string of the molecule is C=CN[C@H]1C[C@@H](C(=O)N2CCC[C@H]2C(=O)N2CCC[C@H]2C(=O)N2C[C@@H](NC(C)=O)C[C@H]2C(=O)N2CCCC2C(=O)NCCC(=O)O)N(C(C)=O)C1. The molecule has 5 saturated heterocycles. The third-order valence-corrected chi connectivity index (χ3v) is 10.7. The van der Waals surface area contributed by atoms with Crippen LogP contribution in [0.25, 0.3) is 0 Å². The van der Waals surface area contributed by atoms with Gasteiger partial charge >= 0.3 is 5.97 Å². The number of rotatable bonds is 11. The monoisotopic (exact) mass is 714 g/mol. The molecule has 17 nitrogen and oxygen atoms in total. The number of carboxylic acids is 1. The summed E-state index contributed by atoms with van der Waals surface area (Å²) in [5.74, 6) is -3.59. The average molecular weight is 715 g/mol. The number of aliphatic carboxylic acids is 1. The van der Waals surface area contributed by atoms with Gasteiger partial charge in [-0.1, -0.05) is 6.58 Å². The maximum Gasteiger partial charge on any atom is 0.305 e. The van der Waals surface area contributed by atoms with Crippen molar-refractivity contribution in [1.29, 1.82) is 0 Å². The van der Waals surface area contributed by atoms with Gasteiger partial charge < -0.3 is 45.6 Å². The highest BCUT2D eigenvalue weighted by Gasteiger charge is 2.50. The standard InChI is InChI=1S/C34H50N8O9/c1-4-35-22-16-27(41(18-22)21(3)44)33(50)40-15-6-9-25(40)31(48)39-14-7-10-26(39)32(49)42-19-23(37-20(2)43)17-28(42)34(51)38-13-5-8-24(38)30(47)36-12-11-29(45)46/h4,22-28,35H,1,5-19H2,2-3H3,(H,36,47)(H,37,43)(H,45,46)/t22-,23-,24?,25-,26-,27-,28-/m0/s1. The molecule has 0 aromatic carbocycles. The summed E-state index contributed by atoms with van der Waals surface area (Å²) in [5.41, 5.74) is 0. The number of amides is 7. The maximum atomic E-state index is 14.4. The van der Waals surface area contributed by atoms with Crippen molar-refractivity contribution < 1.29 is 43.5 Å². The minimum absolute atomic E-state index is 0.0488. The second-order valence-corrected chi connectivity index (χ2v) is 14.1. The van der Waals surface area contributed by atoms with E-state index in [1.54, 1.807) is 4.90 Å². The van der Waals surface area contributed by atoms with Crippen molar-refractivity contribution >= 4 is 47.3 Å². The van der Waals surface area contributed by atoms with Crippen molar-refractivity contribution in [2.24, 2.45) is 0 Å². The molecular formula is C34H50N8O9. The fourth-order valence-electron chi connectivity index (χ4n) is 8.46. The fraction of sp³-hybridized carbons (Fsp3) is 0.706. The van der Waals surface area contributed by atoms with E-state index in [-0.39, 0.29) is 62.1 Å². The topological polar surface area (TPSA) is 209 Å². The zero-order chi connectivity index (χ0) is 37.0. The van der Waals surface area contributed by atoms with Gasteiger partial charge in [-0.05, 0) is 57.6 Å². The zero-order valence-electron chi connectivity index (χ0n) is 29.4. The first kappa shape index (κ1) is 37.6. The van der Waals surface area contributed by atoms with Crippen LogP contribution in [0, 0.1) is 0 Å². The lowest BCUT2D eigenvalue weighted by Crippen LogP contribution is -2.58. The third kappa shape index (κ3) is 8.12. The molecule has 0 aromatic heterocycles. The molecule has 5 rings (SSSR count). The minimum Gasteiger partial charge on any atom is -0.481 e. The van der Waals surface area contributed by atoms with Gasteiger partial charge in [0, 0.05) is 65.2 Å². The molecule has 5 fully saturated rings. The number of carbonyl (C=O) groups excluding carboxylic acids is 7. The quantitative estimate of drug-likeness (QED) is 0.192. The first-order chi connectivity index (χ1) is 24.3. The van der Waals surface area contributed by atoms with Crippen molar-refractivity contribution in [1.82, 2.24) is 40.4 Å². The number of hydrogen-bond donors (Lipinski definition) is 4. The van der Waals surface area contributed by atoms with Crippen LogP contribution in [-0.4, -0.2) is 158 Å². The molecule has 0 radical (unpaired) electrons. The van der Waals surface area contributed by atoms with Gasteiger partial charge in [0.25, 0.3) is 0 Å². The lowest BCUT2D eigenvalue weighted by molar-refractivity contribution is -0.153. The minimum atomic E-state index is -1.06. The highest BCUT2D eigenvalue weighted by atomic mass is 16.4. The van der Waals surface area contributed by atoms with Crippen LogP contribution in [0.2, 0.25) is 0 Å². The average Bonchev–Trinajstić information content (AvgIpc) is 3.92. The highest BCUT2D eigenvalue weighted by molar-refractivity contribution is 5.97. The summed E-state index contributed by atoms with van der Waals surface area (Å²) in [6.07, 6.45) is 4.65. The Bertz CT molecular complexity index is 1440. The van der Waals surface area contributed by atoms with Crippen LogP contribution in [-0.2, 0) is 38.4 Å². The molecule has 7 atom stereocenters. The molecule has 7 amide bonds. The molecule has 0 aliphatic carbocycles. The summed E-state index contributed by atoms with van der Waals surface area (Å²) in [4.78, 5) is 112. The van der Waals surface area contributed by atoms with E-state index in [0.29, 0.717) is 64.6 Å². The number of hydrogen-bond acceptors (Lipinski definition) is 9. The first-order valence-corrected chi connectivity index (χ1v) is 17.9. The van der Waals surface area contributed by atoms with Crippen LogP contribution in [0.3, 0.4) is 0 Å². The molecule has 5 aliphatic rings. The molecule has 1 unspecified atom stereocenters. The van der Waals surface area contributed by atoms with Crippen molar-refractivity contribution in [3.63, 3.8) is 0 Å². The Morgan fingerprint density at radius 2 is 1.14 bits per heavy atom. The molecule has 0 aromatic rings. The zero-order valence-corrected chi connectivity index (χ0v) is 29.4. The van der Waals surface area contributed by atoms with Gasteiger partial charge in [0.15, 0.2) is 0 Å². The van der Waals surface area contributed by atoms with Gasteiger partial charge in [-0.3, -0.25) is 38.4 Å². The summed E-state index contributed by atoms with van der Waals surface area (Å²) in [6, 6.07) is -4.86. The van der Waals surface area contributed by atoms with E-state index in [9.17, 15) is 38.4 Å². The lowest BCUT2D eigenvalue weighted by Gasteiger charge is -2.36. The van der Waals surface area contributed by atoms with Crippen molar-refractivity contribution in [2.45, 2.75) is 114 Å². The van der Waals surface area contributed by atoms with Crippen LogP contribution >= 0.6 is 0 Å². The highest BCUT2D eigenvalue weighted by Crippen LogP contribution is 2.32. The van der Waals surface area contributed by atoms with E-state index in [1.165, 1.54) is 39.6 Å². The molecule has 51 heavy (non-hydrogen) atoms. The Morgan fingerprint density at radius 3 is 1.67 bits per heavy atom. The van der Waals surface area contributed by atoms with Gasteiger partial charge in [0.2, 0.25) is 41.4 Å². The maximum absolute atomic E-state index is 14.4. The summed E-state index contributed by atoms with van der Waals surface area (Å²) in [6.45, 7) is 7.69. The molecule has 0 spiro atoms. The second kappa shape index (κ2) is 16.1. The number of nitrogens with zero attached hydrogens (tertiary/aromatic N) is 5. The molecular weight excluding hydrogens is 664 g/mol. The third-order valence-electron chi connectivity index (χ3n) is 10.7. The van der Waals surface area contributed by atoms with Crippen LogP contribution < -0.4 is 16.0 Å². The number of nitrogens with one attached hydrogen (secondary N) is 3. The van der Waals surface area contributed by atoms with E-state index >= 15 is 0 Å². The van der Waals surface area contributed by atoms with E-state index in [0.717, 1.165) is 0 Å². The molecule has 4 N–H and O–H groups in total. The molecule has 0 bridgehead atoms. The predicted molar refractivity (Wildman–Crippen MR) is 180 cm³/mol. The Morgan fingerprint density at radius 1 is 0.667 bits per heavy atom. The molecule has 280 valence electrons. The number of likely N-dealkylation sites (tertiary alicyclic amines) is 5. The van der Waals surface area contributed by atoms with Gasteiger partial charge in [0.1, 0.15) is 30.2 Å². The Balaban J connectivity index is 1.31. The first-order valence-electron chi connectivity index (χ1n) is 17.9. The summed E-state index contributed by atoms with van der Waals surface area (Å²) in [7, 11) is 0. The smallest absolute Gasteiger partial charge is 0.305 e. The number of carboxylic acid groups (broad SMARTS) is 1. The molecule has 17 heteroatoms.